The molecule has 0 radical (unpaired) electrons. The summed E-state index contributed by atoms with van der Waals surface area (Å²) in [6, 6.07) is 20.8. The SMILES string of the molecule is CCCCCP.c1ccc(-c2ccccc2)cc1. The van der Waals surface area contributed by atoms with Crippen molar-refractivity contribution in [3.05, 3.63) is 60.7 Å². The molecular formula is C17H23P. The molecule has 0 nitrogen and oxygen atoms in total. The molecule has 0 saturated carbocycles. The van der Waals surface area contributed by atoms with E-state index in [1.165, 1.54) is 36.6 Å². The maximum absolute atomic E-state index is 2.73. The Morgan fingerprint density at radius 3 is 1.44 bits per heavy atom. The van der Waals surface area contributed by atoms with Gasteiger partial charge in [-0.2, -0.15) is 0 Å². The second-order valence-corrected chi connectivity index (χ2v) is 4.81. The molecule has 1 unspecified atom stereocenters. The molecule has 1 heteroatoms. The second-order valence-electron chi connectivity index (χ2n) is 4.23. The van der Waals surface area contributed by atoms with Gasteiger partial charge in [-0.3, -0.25) is 0 Å². The maximum Gasteiger partial charge on any atom is -0.0184 e. The summed E-state index contributed by atoms with van der Waals surface area (Å²) in [6.07, 6.45) is 5.38. The normalized spacial score (nSPS) is 9.44. The average molecular weight is 258 g/mol. The fourth-order valence-corrected chi connectivity index (χ4v) is 1.94. The molecule has 0 aliphatic heterocycles. The molecule has 0 heterocycles. The maximum atomic E-state index is 2.73. The molecule has 0 fully saturated rings. The van der Waals surface area contributed by atoms with Crippen LogP contribution in [0.5, 0.6) is 0 Å². The molecule has 0 amide bonds. The monoisotopic (exact) mass is 258 g/mol. The first-order valence-corrected chi connectivity index (χ1v) is 7.50. The highest BCUT2D eigenvalue weighted by molar-refractivity contribution is 7.16. The minimum Gasteiger partial charge on any atom is -0.138 e. The van der Waals surface area contributed by atoms with Gasteiger partial charge >= 0.3 is 0 Å². The van der Waals surface area contributed by atoms with Crippen LogP contribution in [0.4, 0.5) is 0 Å². The minimum atomic E-state index is 1.27. The number of hydrogen-bond donors (Lipinski definition) is 0. The Hall–Kier alpha value is -1.13. The van der Waals surface area contributed by atoms with E-state index in [0.717, 1.165) is 0 Å². The first-order chi connectivity index (χ1) is 8.88. The first-order valence-electron chi connectivity index (χ1n) is 6.69. The Balaban J connectivity index is 0.000000232. The van der Waals surface area contributed by atoms with Gasteiger partial charge in [0, 0.05) is 0 Å². The summed E-state index contributed by atoms with van der Waals surface area (Å²) in [5, 5.41) is 0. The largest absolute Gasteiger partial charge is 0.138 e. The Morgan fingerprint density at radius 1 is 0.722 bits per heavy atom. The van der Waals surface area contributed by atoms with Gasteiger partial charge in [-0.05, 0) is 23.7 Å². The molecule has 0 aliphatic carbocycles. The summed E-state index contributed by atoms with van der Waals surface area (Å²) in [4.78, 5) is 0. The highest BCUT2D eigenvalue weighted by atomic mass is 31.0. The molecule has 18 heavy (non-hydrogen) atoms. The Kier molecular flexibility index (Phi) is 8.17. The molecule has 0 spiro atoms. The van der Waals surface area contributed by atoms with Crippen LogP contribution in [0, 0.1) is 0 Å². The van der Waals surface area contributed by atoms with Gasteiger partial charge < -0.3 is 0 Å². The third-order valence-corrected chi connectivity index (χ3v) is 3.10. The highest BCUT2D eigenvalue weighted by Gasteiger charge is 1.91. The van der Waals surface area contributed by atoms with Crippen LogP contribution in [0.3, 0.4) is 0 Å². The van der Waals surface area contributed by atoms with E-state index >= 15 is 0 Å². The van der Waals surface area contributed by atoms with E-state index in [1.807, 2.05) is 12.1 Å². The number of benzene rings is 2. The van der Waals surface area contributed by atoms with Crippen molar-refractivity contribution >= 4 is 9.24 Å². The molecule has 2 rings (SSSR count). The highest BCUT2D eigenvalue weighted by Crippen LogP contribution is 2.17. The molecule has 96 valence electrons. The quantitative estimate of drug-likeness (QED) is 0.508. The zero-order chi connectivity index (χ0) is 13.1. The van der Waals surface area contributed by atoms with Crippen LogP contribution in [0.2, 0.25) is 0 Å². The van der Waals surface area contributed by atoms with Crippen molar-refractivity contribution in [1.82, 2.24) is 0 Å². The molecule has 0 N–H and O–H groups in total. The van der Waals surface area contributed by atoms with E-state index in [2.05, 4.69) is 64.7 Å². The zero-order valence-electron chi connectivity index (χ0n) is 11.2. The lowest BCUT2D eigenvalue weighted by atomic mass is 10.1. The lowest BCUT2D eigenvalue weighted by Crippen LogP contribution is -1.73. The van der Waals surface area contributed by atoms with Gasteiger partial charge in [0.25, 0.3) is 0 Å². The topological polar surface area (TPSA) is 0 Å². The standard InChI is InChI=1S/C12H10.C5H13P/c1-3-7-11(8-4-1)12-9-5-2-6-10-12;1-2-3-4-5-6/h1-10H;2-6H2,1H3. The van der Waals surface area contributed by atoms with Crippen molar-refractivity contribution in [3.63, 3.8) is 0 Å². The second kappa shape index (κ2) is 9.85. The molecular weight excluding hydrogens is 235 g/mol. The van der Waals surface area contributed by atoms with Crippen LogP contribution in [-0.2, 0) is 0 Å². The van der Waals surface area contributed by atoms with Gasteiger partial charge in [-0.15, -0.1) is 9.24 Å². The summed E-state index contributed by atoms with van der Waals surface area (Å²) in [7, 11) is 2.73. The molecule has 2 aromatic rings. The Labute approximate surface area is 114 Å². The predicted molar refractivity (Wildman–Crippen MR) is 86.0 cm³/mol. The fourth-order valence-electron chi connectivity index (χ4n) is 1.66. The molecule has 0 saturated heterocycles. The fraction of sp³-hybridized carbons (Fsp3) is 0.294. The van der Waals surface area contributed by atoms with E-state index < -0.39 is 0 Å². The van der Waals surface area contributed by atoms with Crippen molar-refractivity contribution in [2.24, 2.45) is 0 Å². The molecule has 0 bridgehead atoms. The van der Waals surface area contributed by atoms with Crippen LogP contribution in [0.15, 0.2) is 60.7 Å². The van der Waals surface area contributed by atoms with Crippen molar-refractivity contribution in [2.75, 3.05) is 6.16 Å². The van der Waals surface area contributed by atoms with Crippen molar-refractivity contribution in [2.45, 2.75) is 26.2 Å². The van der Waals surface area contributed by atoms with E-state index in [0.29, 0.717) is 0 Å². The van der Waals surface area contributed by atoms with Gasteiger partial charge in [-0.1, -0.05) is 80.4 Å². The number of hydrogen-bond acceptors (Lipinski definition) is 0. The van der Waals surface area contributed by atoms with Crippen LogP contribution in [-0.4, -0.2) is 6.16 Å². The summed E-state index contributed by atoms with van der Waals surface area (Å²) >= 11 is 0. The van der Waals surface area contributed by atoms with Gasteiger partial charge in [0.15, 0.2) is 0 Å². The third-order valence-electron chi connectivity index (χ3n) is 2.69. The minimum absolute atomic E-state index is 1.27. The average Bonchev–Trinajstić information content (AvgIpc) is 2.48. The summed E-state index contributed by atoms with van der Waals surface area (Å²) in [5.41, 5.74) is 2.55. The molecule has 1 atom stereocenters. The third kappa shape index (κ3) is 5.98. The van der Waals surface area contributed by atoms with E-state index in [4.69, 9.17) is 0 Å². The number of unbranched alkanes of at least 4 members (excludes halogenated alkanes) is 2. The van der Waals surface area contributed by atoms with Gasteiger partial charge in [0.05, 0.1) is 0 Å². The van der Waals surface area contributed by atoms with Gasteiger partial charge in [-0.25, -0.2) is 0 Å². The van der Waals surface area contributed by atoms with Crippen LogP contribution < -0.4 is 0 Å². The Morgan fingerprint density at radius 2 is 1.17 bits per heavy atom. The Bertz CT molecular complexity index is 353. The molecule has 0 aromatic heterocycles. The summed E-state index contributed by atoms with van der Waals surface area (Å²) in [6.45, 7) is 2.22. The van der Waals surface area contributed by atoms with Crippen molar-refractivity contribution in [1.29, 1.82) is 0 Å². The zero-order valence-corrected chi connectivity index (χ0v) is 12.3. The van der Waals surface area contributed by atoms with Crippen LogP contribution in [0.25, 0.3) is 11.1 Å². The molecule has 0 aliphatic rings. The van der Waals surface area contributed by atoms with E-state index in [1.54, 1.807) is 0 Å². The molecule has 2 aromatic carbocycles. The smallest absolute Gasteiger partial charge is 0.0184 e. The van der Waals surface area contributed by atoms with Crippen LogP contribution >= 0.6 is 9.24 Å². The van der Waals surface area contributed by atoms with E-state index in [-0.39, 0.29) is 0 Å². The van der Waals surface area contributed by atoms with Crippen molar-refractivity contribution in [3.8, 4) is 11.1 Å². The first kappa shape index (κ1) is 14.9. The predicted octanol–water partition coefficient (Wildman–Crippen LogP) is 5.41. The van der Waals surface area contributed by atoms with Gasteiger partial charge in [0.1, 0.15) is 0 Å². The summed E-state index contributed by atoms with van der Waals surface area (Å²) in [5.74, 6) is 0. The van der Waals surface area contributed by atoms with Crippen molar-refractivity contribution < 1.29 is 0 Å². The lowest BCUT2D eigenvalue weighted by molar-refractivity contribution is 0.779. The van der Waals surface area contributed by atoms with E-state index in [9.17, 15) is 0 Å². The van der Waals surface area contributed by atoms with Gasteiger partial charge in [0.2, 0.25) is 0 Å². The lowest BCUT2D eigenvalue weighted by Gasteiger charge is -1.98. The number of rotatable bonds is 4. The summed E-state index contributed by atoms with van der Waals surface area (Å²) < 4.78 is 0. The van der Waals surface area contributed by atoms with Crippen LogP contribution in [0.1, 0.15) is 26.2 Å².